The Morgan fingerprint density at radius 1 is 0.947 bits per heavy atom. The van der Waals surface area contributed by atoms with Gasteiger partial charge in [0.15, 0.2) is 0 Å². The lowest BCUT2D eigenvalue weighted by Gasteiger charge is -2.14. The molecular formula is C18H23Br. The van der Waals surface area contributed by atoms with Crippen molar-refractivity contribution in [2.75, 3.05) is 0 Å². The highest BCUT2D eigenvalue weighted by Gasteiger charge is 2.08. The van der Waals surface area contributed by atoms with Crippen LogP contribution in [0.15, 0.2) is 53.0 Å². The van der Waals surface area contributed by atoms with Crippen LogP contribution in [0.1, 0.15) is 43.4 Å². The highest BCUT2D eigenvalue weighted by molar-refractivity contribution is 9.10. The second-order valence-corrected chi connectivity index (χ2v) is 5.50. The van der Waals surface area contributed by atoms with Gasteiger partial charge in [0.25, 0.3) is 0 Å². The van der Waals surface area contributed by atoms with Crippen LogP contribution in [0, 0.1) is 6.92 Å². The Morgan fingerprint density at radius 3 is 2.11 bits per heavy atom. The summed E-state index contributed by atoms with van der Waals surface area (Å²) in [5, 5.41) is 0. The Hall–Kier alpha value is -1.08. The third-order valence-electron chi connectivity index (χ3n) is 3.17. The van der Waals surface area contributed by atoms with Crippen molar-refractivity contribution in [3.63, 3.8) is 0 Å². The van der Waals surface area contributed by atoms with Crippen molar-refractivity contribution in [3.05, 3.63) is 69.7 Å². The zero-order valence-electron chi connectivity index (χ0n) is 12.3. The summed E-state index contributed by atoms with van der Waals surface area (Å²) >= 11 is 3.47. The first kappa shape index (κ1) is 16.0. The van der Waals surface area contributed by atoms with Gasteiger partial charge in [-0.05, 0) is 48.1 Å². The molecule has 0 aliphatic carbocycles. The number of benzene rings is 2. The molecule has 1 unspecified atom stereocenters. The summed E-state index contributed by atoms with van der Waals surface area (Å²) in [4.78, 5) is 0. The molecule has 2 aromatic rings. The van der Waals surface area contributed by atoms with Crippen molar-refractivity contribution in [2.45, 2.75) is 40.0 Å². The van der Waals surface area contributed by atoms with Crippen LogP contribution < -0.4 is 0 Å². The molecule has 1 heteroatoms. The fourth-order valence-corrected chi connectivity index (χ4v) is 2.49. The molecule has 0 amide bonds. The van der Waals surface area contributed by atoms with E-state index < -0.39 is 0 Å². The molecule has 0 aliphatic heterocycles. The molecule has 0 radical (unpaired) electrons. The minimum atomic E-state index is 0.567. The van der Waals surface area contributed by atoms with Gasteiger partial charge in [-0.1, -0.05) is 73.1 Å². The standard InChI is InChI=1S/C16H17Br.C2H6/c1-12-5-3-4-6-16(12)13(2)11-14-7-9-15(17)10-8-14;1-2/h3-10,13H,11H2,1-2H3;1-2H3. The van der Waals surface area contributed by atoms with Gasteiger partial charge in [-0.2, -0.15) is 0 Å². The van der Waals surface area contributed by atoms with Crippen molar-refractivity contribution in [3.8, 4) is 0 Å². The summed E-state index contributed by atoms with van der Waals surface area (Å²) in [6.07, 6.45) is 1.10. The first-order valence-electron chi connectivity index (χ1n) is 6.97. The van der Waals surface area contributed by atoms with Crippen molar-refractivity contribution < 1.29 is 0 Å². The molecule has 0 spiro atoms. The fraction of sp³-hybridized carbons (Fsp3) is 0.333. The van der Waals surface area contributed by atoms with E-state index in [4.69, 9.17) is 0 Å². The quantitative estimate of drug-likeness (QED) is 0.638. The smallest absolute Gasteiger partial charge is 0.0175 e. The molecular weight excluding hydrogens is 296 g/mol. The van der Waals surface area contributed by atoms with Gasteiger partial charge in [-0.3, -0.25) is 0 Å². The molecule has 0 N–H and O–H groups in total. The van der Waals surface area contributed by atoms with E-state index >= 15 is 0 Å². The molecule has 19 heavy (non-hydrogen) atoms. The third kappa shape index (κ3) is 4.83. The van der Waals surface area contributed by atoms with Gasteiger partial charge in [0.05, 0.1) is 0 Å². The Morgan fingerprint density at radius 2 is 1.53 bits per heavy atom. The molecule has 0 saturated carbocycles. The second kappa shape index (κ2) is 8.16. The Kier molecular flexibility index (Phi) is 6.86. The fourth-order valence-electron chi connectivity index (χ4n) is 2.22. The number of rotatable bonds is 3. The SMILES string of the molecule is CC.Cc1ccccc1C(C)Cc1ccc(Br)cc1. The molecule has 0 aliphatic rings. The van der Waals surface area contributed by atoms with E-state index in [0.29, 0.717) is 5.92 Å². The van der Waals surface area contributed by atoms with Gasteiger partial charge >= 0.3 is 0 Å². The molecule has 0 fully saturated rings. The van der Waals surface area contributed by atoms with Crippen LogP contribution in [-0.4, -0.2) is 0 Å². The Balaban J connectivity index is 0.000000861. The minimum Gasteiger partial charge on any atom is -0.0683 e. The number of aryl methyl sites for hydroxylation is 1. The molecule has 0 aromatic heterocycles. The lowest BCUT2D eigenvalue weighted by Crippen LogP contribution is -2.00. The molecule has 0 heterocycles. The molecule has 2 rings (SSSR count). The zero-order valence-corrected chi connectivity index (χ0v) is 13.9. The van der Waals surface area contributed by atoms with Gasteiger partial charge in [0, 0.05) is 4.47 Å². The van der Waals surface area contributed by atoms with E-state index in [-0.39, 0.29) is 0 Å². The van der Waals surface area contributed by atoms with Gasteiger partial charge in [-0.15, -0.1) is 0 Å². The average molecular weight is 319 g/mol. The summed E-state index contributed by atoms with van der Waals surface area (Å²) in [5.74, 6) is 0.567. The van der Waals surface area contributed by atoms with Crippen LogP contribution in [0.3, 0.4) is 0 Å². The zero-order chi connectivity index (χ0) is 14.3. The number of halogens is 1. The average Bonchev–Trinajstić information content (AvgIpc) is 2.44. The summed E-state index contributed by atoms with van der Waals surface area (Å²) in [6, 6.07) is 17.3. The first-order chi connectivity index (χ1) is 9.16. The molecule has 0 saturated heterocycles. The van der Waals surface area contributed by atoms with Gasteiger partial charge in [-0.25, -0.2) is 0 Å². The van der Waals surface area contributed by atoms with E-state index in [2.05, 4.69) is 78.3 Å². The van der Waals surface area contributed by atoms with Gasteiger partial charge in [0.1, 0.15) is 0 Å². The predicted octanol–water partition coefficient (Wildman–Crippen LogP) is 6.13. The van der Waals surface area contributed by atoms with Crippen LogP contribution in [0.25, 0.3) is 0 Å². The van der Waals surface area contributed by atoms with Crippen molar-refractivity contribution in [1.29, 1.82) is 0 Å². The molecule has 0 bridgehead atoms. The van der Waals surface area contributed by atoms with E-state index in [0.717, 1.165) is 10.9 Å². The summed E-state index contributed by atoms with van der Waals surface area (Å²) in [7, 11) is 0. The van der Waals surface area contributed by atoms with Gasteiger partial charge < -0.3 is 0 Å². The van der Waals surface area contributed by atoms with Crippen molar-refractivity contribution >= 4 is 15.9 Å². The monoisotopic (exact) mass is 318 g/mol. The highest BCUT2D eigenvalue weighted by Crippen LogP contribution is 2.23. The predicted molar refractivity (Wildman–Crippen MR) is 88.8 cm³/mol. The van der Waals surface area contributed by atoms with Crippen LogP contribution in [0.4, 0.5) is 0 Å². The number of hydrogen-bond donors (Lipinski definition) is 0. The van der Waals surface area contributed by atoms with E-state index in [1.165, 1.54) is 16.7 Å². The lowest BCUT2D eigenvalue weighted by atomic mass is 9.91. The molecule has 2 aromatic carbocycles. The molecule has 0 nitrogen and oxygen atoms in total. The van der Waals surface area contributed by atoms with Crippen molar-refractivity contribution in [1.82, 2.24) is 0 Å². The maximum atomic E-state index is 3.47. The third-order valence-corrected chi connectivity index (χ3v) is 3.70. The highest BCUT2D eigenvalue weighted by atomic mass is 79.9. The number of hydrogen-bond acceptors (Lipinski definition) is 0. The van der Waals surface area contributed by atoms with Crippen LogP contribution in [0.5, 0.6) is 0 Å². The van der Waals surface area contributed by atoms with E-state index in [1.807, 2.05) is 13.8 Å². The van der Waals surface area contributed by atoms with Crippen LogP contribution >= 0.6 is 15.9 Å². The molecule has 1 atom stereocenters. The van der Waals surface area contributed by atoms with E-state index in [9.17, 15) is 0 Å². The first-order valence-corrected chi connectivity index (χ1v) is 7.76. The van der Waals surface area contributed by atoms with Crippen LogP contribution in [-0.2, 0) is 6.42 Å². The normalized spacial score (nSPS) is 11.4. The van der Waals surface area contributed by atoms with Crippen molar-refractivity contribution in [2.24, 2.45) is 0 Å². The largest absolute Gasteiger partial charge is 0.0683 e. The molecule has 102 valence electrons. The maximum Gasteiger partial charge on any atom is 0.0175 e. The summed E-state index contributed by atoms with van der Waals surface area (Å²) < 4.78 is 1.14. The Labute approximate surface area is 126 Å². The Bertz CT molecular complexity index is 485. The minimum absolute atomic E-state index is 0.567. The lowest BCUT2D eigenvalue weighted by molar-refractivity contribution is 0.753. The topological polar surface area (TPSA) is 0 Å². The summed E-state index contributed by atoms with van der Waals surface area (Å²) in [6.45, 7) is 8.48. The van der Waals surface area contributed by atoms with Gasteiger partial charge in [0.2, 0.25) is 0 Å². The van der Waals surface area contributed by atoms with E-state index in [1.54, 1.807) is 0 Å². The maximum absolute atomic E-state index is 3.47. The second-order valence-electron chi connectivity index (χ2n) is 4.59. The summed E-state index contributed by atoms with van der Waals surface area (Å²) in [5.41, 5.74) is 4.23. The van der Waals surface area contributed by atoms with Crippen LogP contribution in [0.2, 0.25) is 0 Å².